The molecule has 0 spiro atoms. The van der Waals surface area contributed by atoms with Crippen molar-refractivity contribution in [3.8, 4) is 0 Å². The van der Waals surface area contributed by atoms with Gasteiger partial charge in [-0.15, -0.1) is 0 Å². The van der Waals surface area contributed by atoms with E-state index >= 15 is 0 Å². The molecule has 1 atom stereocenters. The van der Waals surface area contributed by atoms with Gasteiger partial charge in [-0.3, -0.25) is 0 Å². The summed E-state index contributed by atoms with van der Waals surface area (Å²) in [6.45, 7) is 1.82. The van der Waals surface area contributed by atoms with Gasteiger partial charge in [0.15, 0.2) is 0 Å². The monoisotopic (exact) mass is 417 g/mol. The van der Waals surface area contributed by atoms with Crippen LogP contribution in [-0.2, 0) is 10.0 Å². The molecule has 0 aliphatic heterocycles. The van der Waals surface area contributed by atoms with Crippen LogP contribution >= 0.6 is 31.9 Å². The third-order valence-corrected chi connectivity index (χ3v) is 5.44. The summed E-state index contributed by atoms with van der Waals surface area (Å²) in [5.41, 5.74) is 0.911. The van der Waals surface area contributed by atoms with Crippen molar-refractivity contribution in [2.24, 2.45) is 0 Å². The lowest BCUT2D eigenvalue weighted by molar-refractivity contribution is 0.567. The van der Waals surface area contributed by atoms with E-state index in [1.807, 2.05) is 31.2 Å². The molecular formula is C14H13Br2NO2S. The fourth-order valence-electron chi connectivity index (χ4n) is 1.73. The van der Waals surface area contributed by atoms with Crippen LogP contribution in [0.2, 0.25) is 0 Å². The van der Waals surface area contributed by atoms with Gasteiger partial charge in [-0.2, -0.15) is 0 Å². The van der Waals surface area contributed by atoms with Crippen LogP contribution < -0.4 is 4.72 Å². The Hall–Kier alpha value is -0.690. The molecule has 0 amide bonds. The summed E-state index contributed by atoms with van der Waals surface area (Å²) < 4.78 is 29.0. The van der Waals surface area contributed by atoms with Crippen molar-refractivity contribution >= 4 is 41.9 Å². The number of halogens is 2. The van der Waals surface area contributed by atoms with Crippen molar-refractivity contribution in [2.75, 3.05) is 0 Å². The molecule has 20 heavy (non-hydrogen) atoms. The molecule has 1 unspecified atom stereocenters. The minimum atomic E-state index is -3.52. The quantitative estimate of drug-likeness (QED) is 0.806. The Kier molecular flexibility index (Phi) is 5.01. The van der Waals surface area contributed by atoms with Gasteiger partial charge in [-0.25, -0.2) is 13.1 Å². The average molecular weight is 419 g/mol. The highest BCUT2D eigenvalue weighted by molar-refractivity contribution is 9.10. The summed E-state index contributed by atoms with van der Waals surface area (Å²) in [7, 11) is -3.52. The van der Waals surface area contributed by atoms with E-state index in [9.17, 15) is 8.42 Å². The van der Waals surface area contributed by atoms with Gasteiger partial charge in [-0.05, 0) is 48.9 Å². The molecule has 0 aromatic heterocycles. The molecule has 0 saturated heterocycles. The SMILES string of the molecule is CC(NS(=O)(=O)c1ccc(Br)cc1)c1ccc(Br)cc1. The molecule has 2 aromatic rings. The molecule has 3 nitrogen and oxygen atoms in total. The van der Waals surface area contributed by atoms with E-state index in [1.165, 1.54) is 0 Å². The number of benzene rings is 2. The van der Waals surface area contributed by atoms with Crippen molar-refractivity contribution in [1.82, 2.24) is 4.72 Å². The van der Waals surface area contributed by atoms with E-state index in [2.05, 4.69) is 36.6 Å². The van der Waals surface area contributed by atoms with Crippen LogP contribution in [-0.4, -0.2) is 8.42 Å². The highest BCUT2D eigenvalue weighted by Gasteiger charge is 2.18. The third-order valence-electron chi connectivity index (χ3n) is 2.83. The average Bonchev–Trinajstić information content (AvgIpc) is 2.39. The molecule has 0 saturated carbocycles. The van der Waals surface area contributed by atoms with E-state index in [4.69, 9.17) is 0 Å². The zero-order valence-electron chi connectivity index (χ0n) is 10.7. The van der Waals surface area contributed by atoms with E-state index in [1.54, 1.807) is 24.3 Å². The lowest BCUT2D eigenvalue weighted by Gasteiger charge is -2.15. The van der Waals surface area contributed by atoms with Crippen molar-refractivity contribution in [1.29, 1.82) is 0 Å². The number of sulfonamides is 1. The Morgan fingerprint density at radius 2 is 1.35 bits per heavy atom. The molecule has 2 aromatic carbocycles. The maximum atomic E-state index is 12.3. The summed E-state index contributed by atoms with van der Waals surface area (Å²) in [5, 5.41) is 0. The fraction of sp³-hybridized carbons (Fsp3) is 0.143. The zero-order valence-corrected chi connectivity index (χ0v) is 14.7. The van der Waals surface area contributed by atoms with Crippen molar-refractivity contribution in [3.63, 3.8) is 0 Å². The van der Waals surface area contributed by atoms with Crippen LogP contribution in [0.1, 0.15) is 18.5 Å². The summed E-state index contributed by atoms with van der Waals surface area (Å²) in [6, 6.07) is 13.8. The predicted molar refractivity (Wildman–Crippen MR) is 87.0 cm³/mol. The van der Waals surface area contributed by atoms with Crippen molar-refractivity contribution in [2.45, 2.75) is 17.9 Å². The molecule has 0 aliphatic rings. The van der Waals surface area contributed by atoms with Gasteiger partial charge in [0.1, 0.15) is 0 Å². The van der Waals surface area contributed by atoms with E-state index in [0.29, 0.717) is 0 Å². The molecule has 6 heteroatoms. The van der Waals surface area contributed by atoms with Gasteiger partial charge in [0.25, 0.3) is 0 Å². The second-order valence-corrected chi connectivity index (χ2v) is 7.89. The topological polar surface area (TPSA) is 46.2 Å². The van der Waals surface area contributed by atoms with Crippen LogP contribution in [0.4, 0.5) is 0 Å². The normalized spacial score (nSPS) is 13.2. The van der Waals surface area contributed by atoms with Gasteiger partial charge in [-0.1, -0.05) is 44.0 Å². The van der Waals surface area contributed by atoms with E-state index in [-0.39, 0.29) is 10.9 Å². The van der Waals surface area contributed by atoms with Gasteiger partial charge in [0.2, 0.25) is 10.0 Å². The summed E-state index contributed by atoms with van der Waals surface area (Å²) >= 11 is 6.64. The first kappa shape index (κ1) is 15.7. The van der Waals surface area contributed by atoms with Crippen LogP contribution in [0.25, 0.3) is 0 Å². The van der Waals surface area contributed by atoms with Crippen LogP contribution in [0.3, 0.4) is 0 Å². The lowest BCUT2D eigenvalue weighted by atomic mass is 10.1. The number of nitrogens with one attached hydrogen (secondary N) is 1. The Morgan fingerprint density at radius 3 is 1.85 bits per heavy atom. The smallest absolute Gasteiger partial charge is 0.207 e. The van der Waals surface area contributed by atoms with Crippen molar-refractivity contribution in [3.05, 3.63) is 63.0 Å². The highest BCUT2D eigenvalue weighted by Crippen LogP contribution is 2.20. The molecule has 0 heterocycles. The molecule has 0 aliphatic carbocycles. The fourth-order valence-corrected chi connectivity index (χ4v) is 3.49. The largest absolute Gasteiger partial charge is 0.241 e. The second-order valence-electron chi connectivity index (χ2n) is 4.35. The lowest BCUT2D eigenvalue weighted by Crippen LogP contribution is -2.26. The minimum Gasteiger partial charge on any atom is -0.207 e. The Bertz CT molecular complexity index is 682. The predicted octanol–water partition coefficient (Wildman–Crippen LogP) is 4.25. The second kappa shape index (κ2) is 6.39. The van der Waals surface area contributed by atoms with Crippen LogP contribution in [0.5, 0.6) is 0 Å². The minimum absolute atomic E-state index is 0.254. The van der Waals surface area contributed by atoms with Crippen molar-refractivity contribution < 1.29 is 8.42 Å². The summed E-state index contributed by atoms with van der Waals surface area (Å²) in [6.07, 6.45) is 0. The Labute approximate surface area is 135 Å². The molecule has 0 radical (unpaired) electrons. The van der Waals surface area contributed by atoms with E-state index < -0.39 is 10.0 Å². The zero-order chi connectivity index (χ0) is 14.8. The van der Waals surface area contributed by atoms with Gasteiger partial charge in [0.05, 0.1) is 4.90 Å². The Morgan fingerprint density at radius 1 is 0.900 bits per heavy atom. The first-order valence-electron chi connectivity index (χ1n) is 5.92. The highest BCUT2D eigenvalue weighted by atomic mass is 79.9. The first-order valence-corrected chi connectivity index (χ1v) is 8.99. The molecular weight excluding hydrogens is 406 g/mol. The number of hydrogen-bond donors (Lipinski definition) is 1. The molecule has 106 valence electrons. The number of hydrogen-bond acceptors (Lipinski definition) is 2. The molecule has 1 N–H and O–H groups in total. The maximum Gasteiger partial charge on any atom is 0.241 e. The third kappa shape index (κ3) is 3.91. The van der Waals surface area contributed by atoms with Gasteiger partial charge >= 0.3 is 0 Å². The first-order chi connectivity index (χ1) is 9.38. The summed E-state index contributed by atoms with van der Waals surface area (Å²) in [4.78, 5) is 0.254. The van der Waals surface area contributed by atoms with Gasteiger partial charge < -0.3 is 0 Å². The number of rotatable bonds is 4. The molecule has 2 rings (SSSR count). The van der Waals surface area contributed by atoms with Gasteiger partial charge in [0, 0.05) is 15.0 Å². The maximum absolute atomic E-state index is 12.3. The molecule has 0 bridgehead atoms. The van der Waals surface area contributed by atoms with Crippen LogP contribution in [0, 0.1) is 0 Å². The molecule has 0 fully saturated rings. The van der Waals surface area contributed by atoms with E-state index in [0.717, 1.165) is 14.5 Å². The standard InChI is InChI=1S/C14H13Br2NO2S/c1-10(11-2-4-12(15)5-3-11)17-20(18,19)14-8-6-13(16)7-9-14/h2-10,17H,1H3. The summed E-state index contributed by atoms with van der Waals surface area (Å²) in [5.74, 6) is 0. The Balaban J connectivity index is 2.19. The van der Waals surface area contributed by atoms with Crippen LogP contribution in [0.15, 0.2) is 62.4 Å².